The van der Waals surface area contributed by atoms with Gasteiger partial charge in [-0.25, -0.2) is 9.78 Å². The summed E-state index contributed by atoms with van der Waals surface area (Å²) in [6.45, 7) is 6.34. The first kappa shape index (κ1) is 19.9. The van der Waals surface area contributed by atoms with Gasteiger partial charge in [-0.2, -0.15) is 0 Å². The smallest absolute Gasteiger partial charge is 0.350 e. The van der Waals surface area contributed by atoms with Gasteiger partial charge in [0.2, 0.25) is 5.91 Å². The highest BCUT2D eigenvalue weighted by Gasteiger charge is 2.17. The summed E-state index contributed by atoms with van der Waals surface area (Å²) in [4.78, 5) is 28.4. The third-order valence-corrected chi connectivity index (χ3v) is 4.71. The molecule has 1 amide bonds. The Morgan fingerprint density at radius 3 is 2.58 bits per heavy atom. The van der Waals surface area contributed by atoms with Crippen LogP contribution in [0.25, 0.3) is 0 Å². The number of carbonyl (C=O) groups is 2. The van der Waals surface area contributed by atoms with E-state index in [0.29, 0.717) is 41.8 Å². The molecular weight excluding hydrogens is 352 g/mol. The zero-order valence-corrected chi connectivity index (χ0v) is 16.1. The van der Waals surface area contributed by atoms with E-state index in [1.165, 1.54) is 5.56 Å². The molecule has 1 heterocycles. The van der Waals surface area contributed by atoms with Gasteiger partial charge in [-0.3, -0.25) is 4.79 Å². The maximum atomic E-state index is 12.0. The molecule has 6 nitrogen and oxygen atoms in total. The molecule has 1 N–H and O–H groups in total. The zero-order chi connectivity index (χ0) is 18.9. The van der Waals surface area contributed by atoms with Gasteiger partial charge in [0.1, 0.15) is 10.6 Å². The molecule has 0 unspecified atom stereocenters. The van der Waals surface area contributed by atoms with E-state index < -0.39 is 5.97 Å². The fraction of sp³-hybridized carbons (Fsp3) is 0.421. The van der Waals surface area contributed by atoms with E-state index in [2.05, 4.69) is 17.2 Å². The fourth-order valence-electron chi connectivity index (χ4n) is 2.26. The molecule has 2 rings (SSSR count). The predicted molar refractivity (Wildman–Crippen MR) is 102 cm³/mol. The number of aromatic nitrogens is 1. The van der Waals surface area contributed by atoms with Gasteiger partial charge in [-0.1, -0.05) is 30.4 Å². The number of ether oxygens (including phenoxy) is 2. The van der Waals surface area contributed by atoms with Gasteiger partial charge in [-0.05, 0) is 44.4 Å². The summed E-state index contributed by atoms with van der Waals surface area (Å²) in [7, 11) is 0. The Bertz CT molecular complexity index is 740. The van der Waals surface area contributed by atoms with Crippen molar-refractivity contribution in [1.29, 1.82) is 0 Å². The highest BCUT2D eigenvalue weighted by molar-refractivity contribution is 7.17. The van der Waals surface area contributed by atoms with Crippen LogP contribution in [0.4, 0.5) is 5.13 Å². The van der Waals surface area contributed by atoms with Crippen molar-refractivity contribution in [2.45, 2.75) is 40.0 Å². The van der Waals surface area contributed by atoms with Crippen LogP contribution in [0.1, 0.15) is 47.6 Å². The number of rotatable bonds is 9. The molecule has 0 fully saturated rings. The average Bonchev–Trinajstić information content (AvgIpc) is 2.99. The molecule has 0 atom stereocenters. The molecule has 0 aliphatic heterocycles. The maximum absolute atomic E-state index is 12.0. The topological polar surface area (TPSA) is 77.5 Å². The van der Waals surface area contributed by atoms with Crippen molar-refractivity contribution >= 4 is 28.3 Å². The number of benzene rings is 1. The lowest BCUT2D eigenvalue weighted by Crippen LogP contribution is -2.12. The summed E-state index contributed by atoms with van der Waals surface area (Å²) in [5.41, 5.74) is 1.82. The first-order chi connectivity index (χ1) is 12.5. The number of nitrogens with zero attached hydrogens (tertiary/aromatic N) is 1. The van der Waals surface area contributed by atoms with Crippen molar-refractivity contribution in [3.63, 3.8) is 0 Å². The second kappa shape index (κ2) is 9.91. The van der Waals surface area contributed by atoms with Crippen LogP contribution >= 0.6 is 11.3 Å². The lowest BCUT2D eigenvalue weighted by Gasteiger charge is -2.06. The van der Waals surface area contributed by atoms with E-state index in [4.69, 9.17) is 9.47 Å². The highest BCUT2D eigenvalue weighted by atomic mass is 32.1. The number of nitrogens with one attached hydrogen (secondary N) is 1. The van der Waals surface area contributed by atoms with Crippen LogP contribution in [0, 0.1) is 6.92 Å². The molecule has 0 spiro atoms. The van der Waals surface area contributed by atoms with Gasteiger partial charge in [-0.15, -0.1) is 0 Å². The lowest BCUT2D eigenvalue weighted by atomic mass is 10.2. The van der Waals surface area contributed by atoms with Gasteiger partial charge in [0.25, 0.3) is 0 Å². The number of aryl methyl sites for hydroxylation is 2. The number of thiazole rings is 1. The first-order valence-corrected chi connectivity index (χ1v) is 9.51. The Kier molecular flexibility index (Phi) is 7.59. The van der Waals surface area contributed by atoms with Gasteiger partial charge in [0, 0.05) is 6.42 Å². The number of esters is 1. The van der Waals surface area contributed by atoms with Crippen molar-refractivity contribution in [3.05, 3.63) is 40.4 Å². The average molecular weight is 376 g/mol. The third-order valence-electron chi connectivity index (χ3n) is 3.65. The third kappa shape index (κ3) is 5.84. The van der Waals surface area contributed by atoms with Crippen molar-refractivity contribution in [1.82, 2.24) is 4.98 Å². The molecule has 7 heteroatoms. The van der Waals surface area contributed by atoms with Crippen LogP contribution in [-0.2, 0) is 16.0 Å². The van der Waals surface area contributed by atoms with Gasteiger partial charge < -0.3 is 14.8 Å². The second-order valence-electron chi connectivity index (χ2n) is 5.65. The molecule has 2 aromatic rings. The summed E-state index contributed by atoms with van der Waals surface area (Å²) >= 11 is 1.13. The number of hydrogen-bond acceptors (Lipinski definition) is 6. The molecule has 0 saturated carbocycles. The summed E-state index contributed by atoms with van der Waals surface area (Å²) in [5, 5.41) is 3.13. The summed E-state index contributed by atoms with van der Waals surface area (Å²) < 4.78 is 10.6. The van der Waals surface area contributed by atoms with Crippen molar-refractivity contribution in [2.24, 2.45) is 0 Å². The molecule has 0 radical (unpaired) electrons. The molecular formula is C19H24N2O4S. The van der Waals surface area contributed by atoms with E-state index >= 15 is 0 Å². The minimum Gasteiger partial charge on any atom is -0.494 e. The molecule has 1 aromatic heterocycles. The quantitative estimate of drug-likeness (QED) is 0.529. The summed E-state index contributed by atoms with van der Waals surface area (Å²) in [6.07, 6.45) is 1.91. The van der Waals surface area contributed by atoms with Crippen molar-refractivity contribution in [3.8, 4) is 5.75 Å². The van der Waals surface area contributed by atoms with Crippen molar-refractivity contribution in [2.75, 3.05) is 18.5 Å². The second-order valence-corrected chi connectivity index (χ2v) is 6.65. The number of carbonyl (C=O) groups excluding carboxylic acids is 2. The molecule has 140 valence electrons. The highest BCUT2D eigenvalue weighted by Crippen LogP contribution is 2.23. The first-order valence-electron chi connectivity index (χ1n) is 8.69. The van der Waals surface area contributed by atoms with Crippen LogP contribution in [-0.4, -0.2) is 30.1 Å². The van der Waals surface area contributed by atoms with Crippen LogP contribution in [0.5, 0.6) is 5.75 Å². The monoisotopic (exact) mass is 376 g/mol. The summed E-state index contributed by atoms with van der Waals surface area (Å²) in [6, 6.07) is 7.95. The van der Waals surface area contributed by atoms with Crippen LogP contribution < -0.4 is 10.1 Å². The standard InChI is InChI=1S/C19H24N2O4S/c1-4-14-8-10-15(11-9-14)25-12-6-7-16(22)21-19-20-13(3)17(26-19)18(23)24-5-2/h8-11H,4-7,12H2,1-3H3,(H,20,21,22). The molecule has 0 aliphatic carbocycles. The lowest BCUT2D eigenvalue weighted by molar-refractivity contribution is -0.116. The minimum absolute atomic E-state index is 0.154. The predicted octanol–water partition coefficient (Wildman–Crippen LogP) is 3.99. The number of amides is 1. The van der Waals surface area contributed by atoms with Gasteiger partial charge in [0.05, 0.1) is 18.9 Å². The Morgan fingerprint density at radius 2 is 1.92 bits per heavy atom. The van der Waals surface area contributed by atoms with E-state index in [1.54, 1.807) is 13.8 Å². The Balaban J connectivity index is 1.74. The molecule has 1 aromatic carbocycles. The summed E-state index contributed by atoms with van der Waals surface area (Å²) in [5.74, 6) is 0.238. The van der Waals surface area contributed by atoms with Gasteiger partial charge in [0.15, 0.2) is 5.13 Å². The van der Waals surface area contributed by atoms with E-state index in [1.807, 2.05) is 24.3 Å². The van der Waals surface area contributed by atoms with E-state index in [9.17, 15) is 9.59 Å². The SMILES string of the molecule is CCOC(=O)c1sc(NC(=O)CCCOc2ccc(CC)cc2)nc1C. The number of hydrogen-bond donors (Lipinski definition) is 1. The largest absolute Gasteiger partial charge is 0.494 e. The zero-order valence-electron chi connectivity index (χ0n) is 15.3. The van der Waals surface area contributed by atoms with Gasteiger partial charge >= 0.3 is 5.97 Å². The molecule has 26 heavy (non-hydrogen) atoms. The van der Waals surface area contributed by atoms with Crippen LogP contribution in [0.15, 0.2) is 24.3 Å². The Labute approximate surface area is 157 Å². The number of anilines is 1. The fourth-order valence-corrected chi connectivity index (χ4v) is 3.14. The maximum Gasteiger partial charge on any atom is 0.350 e. The molecule has 0 aliphatic rings. The normalized spacial score (nSPS) is 10.4. The van der Waals surface area contributed by atoms with Crippen molar-refractivity contribution < 1.29 is 19.1 Å². The minimum atomic E-state index is -0.412. The molecule has 0 saturated heterocycles. The van der Waals surface area contributed by atoms with E-state index in [0.717, 1.165) is 23.5 Å². The molecule has 0 bridgehead atoms. The van der Waals surface area contributed by atoms with Crippen LogP contribution in [0.3, 0.4) is 0 Å². The van der Waals surface area contributed by atoms with E-state index in [-0.39, 0.29) is 5.91 Å². The Hall–Kier alpha value is -2.41. The Morgan fingerprint density at radius 1 is 1.19 bits per heavy atom. The van der Waals surface area contributed by atoms with Crippen LogP contribution in [0.2, 0.25) is 0 Å².